The molecule has 0 radical (unpaired) electrons. The van der Waals surface area contributed by atoms with E-state index in [1.54, 1.807) is 0 Å². The zero-order valence-electron chi connectivity index (χ0n) is 12.1. The number of nitrogens with one attached hydrogen (secondary N) is 1. The lowest BCUT2D eigenvalue weighted by atomic mass is 9.80. The molecule has 1 aliphatic heterocycles. The van der Waals surface area contributed by atoms with E-state index in [1.165, 1.54) is 0 Å². The van der Waals surface area contributed by atoms with Gasteiger partial charge in [0.2, 0.25) is 11.8 Å². The number of nitrogens with zero attached hydrogens (tertiary/aromatic N) is 1. The summed E-state index contributed by atoms with van der Waals surface area (Å²) in [5.41, 5.74) is 0. The van der Waals surface area contributed by atoms with E-state index in [2.05, 4.69) is 24.1 Å². The molecular weight excluding hydrogens is 266 g/mol. The zero-order chi connectivity index (χ0) is 14.9. The number of likely N-dealkylation sites (tertiary alicyclic amines) is 1. The van der Waals surface area contributed by atoms with Crippen LogP contribution in [0.1, 0.15) is 39.5 Å². The second-order valence-electron chi connectivity index (χ2n) is 6.18. The third-order valence-corrected chi connectivity index (χ3v) is 4.62. The Morgan fingerprint density at radius 2 is 2.15 bits per heavy atom. The van der Waals surface area contributed by atoms with Crippen LogP contribution in [0.25, 0.3) is 0 Å². The Labute approximate surface area is 118 Å². The van der Waals surface area contributed by atoms with Crippen LogP contribution >= 0.6 is 0 Å². The highest BCUT2D eigenvalue weighted by Crippen LogP contribution is 2.42. The zero-order valence-corrected chi connectivity index (χ0v) is 12.1. The van der Waals surface area contributed by atoms with E-state index in [4.69, 9.17) is 0 Å². The summed E-state index contributed by atoms with van der Waals surface area (Å²) in [6, 6.07) is 0.101. The number of hydrogen-bond acceptors (Lipinski definition) is 3. The molecule has 0 spiro atoms. The van der Waals surface area contributed by atoms with Gasteiger partial charge in [0.1, 0.15) is 0 Å². The molecule has 2 aliphatic rings. The summed E-state index contributed by atoms with van der Waals surface area (Å²) in [6.07, 6.45) is 0.338. The summed E-state index contributed by atoms with van der Waals surface area (Å²) < 4.78 is 25.5. The number of β-amino-alcohol motifs (C(OH)–C–C–N with tert-alkyl or cyclic N) is 1. The Morgan fingerprint density at radius 3 is 2.65 bits per heavy atom. The molecule has 1 amide bonds. The van der Waals surface area contributed by atoms with E-state index >= 15 is 0 Å². The molecular formula is C14H24F2N2O2. The fraction of sp³-hybridized carbons (Fsp3) is 0.929. The second kappa shape index (κ2) is 5.93. The summed E-state index contributed by atoms with van der Waals surface area (Å²) in [5, 5.41) is 12.8. The van der Waals surface area contributed by atoms with E-state index in [-0.39, 0.29) is 24.8 Å². The molecule has 0 aromatic rings. The molecule has 1 heterocycles. The molecule has 3 unspecified atom stereocenters. The van der Waals surface area contributed by atoms with Crippen LogP contribution in [0.2, 0.25) is 0 Å². The Balaban J connectivity index is 1.79. The summed E-state index contributed by atoms with van der Waals surface area (Å²) in [6.45, 7) is 5.56. The predicted octanol–water partition coefficient (Wildman–Crippen LogP) is 1.38. The molecule has 2 fully saturated rings. The fourth-order valence-electron chi connectivity index (χ4n) is 2.93. The quantitative estimate of drug-likeness (QED) is 0.822. The third kappa shape index (κ3) is 3.47. The van der Waals surface area contributed by atoms with Crippen molar-refractivity contribution in [3.8, 4) is 0 Å². The number of halogens is 2. The van der Waals surface area contributed by atoms with E-state index in [1.807, 2.05) is 0 Å². The molecule has 4 nitrogen and oxygen atoms in total. The molecule has 2 rings (SSSR count). The van der Waals surface area contributed by atoms with Crippen molar-refractivity contribution < 1.29 is 18.7 Å². The van der Waals surface area contributed by atoms with Crippen LogP contribution in [-0.4, -0.2) is 53.1 Å². The fourth-order valence-corrected chi connectivity index (χ4v) is 2.93. The molecule has 2 N–H and O–H groups in total. The third-order valence-electron chi connectivity index (χ3n) is 4.62. The molecule has 116 valence electrons. The number of rotatable bonds is 4. The van der Waals surface area contributed by atoms with Gasteiger partial charge < -0.3 is 10.4 Å². The number of piperidine rings is 1. The van der Waals surface area contributed by atoms with Crippen LogP contribution in [0.4, 0.5) is 8.78 Å². The number of carbonyl (C=O) groups excluding carboxylic acids is 1. The average molecular weight is 290 g/mol. The van der Waals surface area contributed by atoms with Crippen LogP contribution in [0.5, 0.6) is 0 Å². The van der Waals surface area contributed by atoms with Crippen molar-refractivity contribution >= 4 is 5.91 Å². The highest BCUT2D eigenvalue weighted by atomic mass is 19.3. The minimum atomic E-state index is -2.68. The maximum atomic E-state index is 12.7. The van der Waals surface area contributed by atoms with Gasteiger partial charge in [-0.2, -0.15) is 0 Å². The first-order valence-corrected chi connectivity index (χ1v) is 7.42. The van der Waals surface area contributed by atoms with Crippen molar-refractivity contribution in [2.75, 3.05) is 13.1 Å². The summed E-state index contributed by atoms with van der Waals surface area (Å²) in [5.74, 6) is -3.61. The minimum Gasteiger partial charge on any atom is -0.390 e. The molecule has 20 heavy (non-hydrogen) atoms. The number of aliphatic hydroxyl groups excluding tert-OH is 1. The Hall–Kier alpha value is -0.750. The number of aliphatic hydroxyl groups is 1. The van der Waals surface area contributed by atoms with Crippen LogP contribution in [0.3, 0.4) is 0 Å². The molecule has 6 heteroatoms. The summed E-state index contributed by atoms with van der Waals surface area (Å²) in [7, 11) is 0. The predicted molar refractivity (Wildman–Crippen MR) is 71.6 cm³/mol. The lowest BCUT2D eigenvalue weighted by molar-refractivity contribution is -0.152. The smallest absolute Gasteiger partial charge is 0.249 e. The van der Waals surface area contributed by atoms with Crippen LogP contribution < -0.4 is 5.32 Å². The SMILES string of the molecule is CCC(C)N1CCC(NC(=O)C2CC(F)(F)C2)C(O)C1. The van der Waals surface area contributed by atoms with Crippen LogP contribution in [0.15, 0.2) is 0 Å². The highest BCUT2D eigenvalue weighted by molar-refractivity contribution is 5.80. The Morgan fingerprint density at radius 1 is 1.50 bits per heavy atom. The molecule has 0 aromatic carbocycles. The van der Waals surface area contributed by atoms with Gasteiger partial charge in [-0.1, -0.05) is 6.92 Å². The van der Waals surface area contributed by atoms with Crippen molar-refractivity contribution in [1.82, 2.24) is 10.2 Å². The first-order valence-electron chi connectivity index (χ1n) is 7.42. The average Bonchev–Trinajstić information content (AvgIpc) is 2.37. The minimum absolute atomic E-state index is 0.308. The van der Waals surface area contributed by atoms with Crippen molar-refractivity contribution in [3.05, 3.63) is 0 Å². The Kier molecular flexibility index (Phi) is 4.64. The topological polar surface area (TPSA) is 52.6 Å². The molecule has 0 bridgehead atoms. The lowest BCUT2D eigenvalue weighted by Crippen LogP contribution is -2.57. The van der Waals surface area contributed by atoms with Gasteiger partial charge >= 0.3 is 0 Å². The Bertz CT molecular complexity index is 357. The normalized spacial score (nSPS) is 32.5. The number of amides is 1. The highest BCUT2D eigenvalue weighted by Gasteiger charge is 2.49. The maximum Gasteiger partial charge on any atom is 0.249 e. The van der Waals surface area contributed by atoms with Crippen LogP contribution in [-0.2, 0) is 4.79 Å². The number of alkyl halides is 2. The maximum absolute atomic E-state index is 12.7. The first kappa shape index (κ1) is 15.6. The van der Waals surface area contributed by atoms with Gasteiger partial charge in [-0.15, -0.1) is 0 Å². The molecule has 1 saturated carbocycles. The van der Waals surface area contributed by atoms with Gasteiger partial charge in [-0.05, 0) is 19.8 Å². The molecule has 0 aromatic heterocycles. The molecule has 1 aliphatic carbocycles. The van der Waals surface area contributed by atoms with Gasteiger partial charge in [-0.3, -0.25) is 9.69 Å². The van der Waals surface area contributed by atoms with Gasteiger partial charge in [0.25, 0.3) is 0 Å². The number of hydrogen-bond donors (Lipinski definition) is 2. The van der Waals surface area contributed by atoms with Crippen molar-refractivity contribution in [1.29, 1.82) is 0 Å². The largest absolute Gasteiger partial charge is 0.390 e. The van der Waals surface area contributed by atoms with Gasteiger partial charge in [0.15, 0.2) is 0 Å². The van der Waals surface area contributed by atoms with E-state index in [0.29, 0.717) is 19.0 Å². The van der Waals surface area contributed by atoms with Crippen molar-refractivity contribution in [2.24, 2.45) is 5.92 Å². The number of carbonyl (C=O) groups is 1. The summed E-state index contributed by atoms with van der Waals surface area (Å²) in [4.78, 5) is 14.0. The summed E-state index contributed by atoms with van der Waals surface area (Å²) >= 11 is 0. The van der Waals surface area contributed by atoms with Crippen LogP contribution in [0, 0.1) is 5.92 Å². The first-order chi connectivity index (χ1) is 9.32. The monoisotopic (exact) mass is 290 g/mol. The van der Waals surface area contributed by atoms with E-state index < -0.39 is 17.9 Å². The van der Waals surface area contributed by atoms with E-state index in [0.717, 1.165) is 13.0 Å². The van der Waals surface area contributed by atoms with Gasteiger partial charge in [-0.25, -0.2) is 8.78 Å². The van der Waals surface area contributed by atoms with E-state index in [9.17, 15) is 18.7 Å². The molecule has 3 atom stereocenters. The van der Waals surface area contributed by atoms with Crippen molar-refractivity contribution in [2.45, 2.75) is 63.6 Å². The van der Waals surface area contributed by atoms with Crippen molar-refractivity contribution in [3.63, 3.8) is 0 Å². The standard InChI is InChI=1S/C14H24F2N2O2/c1-3-9(2)18-5-4-11(12(19)8-18)17-13(20)10-6-14(15,16)7-10/h9-12,19H,3-8H2,1-2H3,(H,17,20). The van der Waals surface area contributed by atoms with Gasteiger partial charge in [0, 0.05) is 37.9 Å². The molecule has 1 saturated heterocycles. The van der Waals surface area contributed by atoms with Gasteiger partial charge in [0.05, 0.1) is 12.1 Å². The lowest BCUT2D eigenvalue weighted by Gasteiger charge is -2.40. The second-order valence-corrected chi connectivity index (χ2v) is 6.18.